The third-order valence-electron chi connectivity index (χ3n) is 3.63. The van der Waals surface area contributed by atoms with Gasteiger partial charge < -0.3 is 10.1 Å². The Balaban J connectivity index is 2.09. The third-order valence-corrected chi connectivity index (χ3v) is 3.92. The molecule has 0 bridgehead atoms. The molecule has 1 aromatic rings. The lowest BCUT2D eigenvalue weighted by Gasteiger charge is -2.29. The zero-order chi connectivity index (χ0) is 13.9. The molecule has 106 valence electrons. The predicted octanol–water partition coefficient (Wildman–Crippen LogP) is 3.43. The first kappa shape index (κ1) is 14.8. The van der Waals surface area contributed by atoms with Crippen LogP contribution in [0.4, 0.5) is 4.39 Å². The topological polar surface area (TPSA) is 21.3 Å². The minimum Gasteiger partial charge on any atom is -0.381 e. The smallest absolute Gasteiger partial charge is 0.141 e. The summed E-state index contributed by atoms with van der Waals surface area (Å²) in [6.07, 6.45) is 1.90. The van der Waals surface area contributed by atoms with Gasteiger partial charge in [0.05, 0.1) is 11.6 Å². The molecule has 0 radical (unpaired) electrons. The molecule has 1 unspecified atom stereocenters. The van der Waals surface area contributed by atoms with Crippen molar-refractivity contribution in [2.75, 3.05) is 19.8 Å². The Morgan fingerprint density at radius 3 is 2.84 bits per heavy atom. The third kappa shape index (κ3) is 3.91. The molecule has 0 saturated carbocycles. The maximum absolute atomic E-state index is 13.2. The van der Waals surface area contributed by atoms with E-state index in [1.54, 1.807) is 6.07 Å². The maximum atomic E-state index is 13.2. The number of hydrogen-bond acceptors (Lipinski definition) is 2. The minimum atomic E-state index is -0.359. The van der Waals surface area contributed by atoms with E-state index >= 15 is 0 Å². The highest BCUT2D eigenvalue weighted by Crippen LogP contribution is 2.33. The van der Waals surface area contributed by atoms with Gasteiger partial charge in [0.15, 0.2) is 0 Å². The molecule has 4 heteroatoms. The number of hydrogen-bond donors (Lipinski definition) is 1. The lowest BCUT2D eigenvalue weighted by atomic mass is 9.80. The van der Waals surface area contributed by atoms with Crippen LogP contribution < -0.4 is 5.32 Å². The molecule has 0 spiro atoms. The summed E-state index contributed by atoms with van der Waals surface area (Å²) in [5.74, 6) is -0.359. The fourth-order valence-corrected chi connectivity index (χ4v) is 2.70. The fraction of sp³-hybridized carbons (Fsp3) is 0.600. The van der Waals surface area contributed by atoms with Crippen LogP contribution in [0.2, 0.25) is 5.02 Å². The summed E-state index contributed by atoms with van der Waals surface area (Å²) in [6, 6.07) is 5.44. The molecular weight excluding hydrogens is 265 g/mol. The van der Waals surface area contributed by atoms with Crippen molar-refractivity contribution in [1.82, 2.24) is 5.32 Å². The standard InChI is InChI=1S/C15H21ClFNO/c1-11(2)18-9-15(5-6-19-10-15)8-12-3-4-14(17)13(16)7-12/h3-4,7,11,18H,5-6,8-10H2,1-2H3. The van der Waals surface area contributed by atoms with E-state index in [4.69, 9.17) is 16.3 Å². The lowest BCUT2D eigenvalue weighted by Crippen LogP contribution is -2.39. The normalized spacial score (nSPS) is 23.2. The lowest BCUT2D eigenvalue weighted by molar-refractivity contribution is 0.148. The quantitative estimate of drug-likeness (QED) is 0.895. The summed E-state index contributed by atoms with van der Waals surface area (Å²) < 4.78 is 18.8. The Labute approximate surface area is 119 Å². The van der Waals surface area contributed by atoms with Crippen LogP contribution in [0, 0.1) is 11.2 Å². The van der Waals surface area contributed by atoms with Crippen molar-refractivity contribution in [3.8, 4) is 0 Å². The van der Waals surface area contributed by atoms with Crippen LogP contribution in [0.1, 0.15) is 25.8 Å². The molecule has 2 rings (SSSR count). The second-order valence-corrected chi connectivity index (χ2v) is 6.17. The molecule has 2 nitrogen and oxygen atoms in total. The Morgan fingerprint density at radius 1 is 1.47 bits per heavy atom. The van der Waals surface area contributed by atoms with Gasteiger partial charge in [-0.1, -0.05) is 31.5 Å². The van der Waals surface area contributed by atoms with Crippen LogP contribution in [0.3, 0.4) is 0 Å². The van der Waals surface area contributed by atoms with Gasteiger partial charge in [-0.25, -0.2) is 4.39 Å². The molecule has 1 atom stereocenters. The predicted molar refractivity (Wildman–Crippen MR) is 76.1 cm³/mol. The van der Waals surface area contributed by atoms with Gasteiger partial charge in [0.2, 0.25) is 0 Å². The first-order valence-electron chi connectivity index (χ1n) is 6.76. The summed E-state index contributed by atoms with van der Waals surface area (Å²) in [4.78, 5) is 0. The fourth-order valence-electron chi connectivity index (χ4n) is 2.49. The summed E-state index contributed by atoms with van der Waals surface area (Å²) >= 11 is 5.85. The minimum absolute atomic E-state index is 0.103. The molecule has 1 N–H and O–H groups in total. The highest BCUT2D eigenvalue weighted by atomic mass is 35.5. The zero-order valence-corrected chi connectivity index (χ0v) is 12.3. The first-order chi connectivity index (χ1) is 9.01. The number of benzene rings is 1. The molecule has 1 heterocycles. The molecule has 1 aromatic carbocycles. The Kier molecular flexibility index (Phi) is 4.82. The van der Waals surface area contributed by atoms with Crippen LogP contribution in [0.5, 0.6) is 0 Å². The van der Waals surface area contributed by atoms with Gasteiger partial charge in [-0.3, -0.25) is 0 Å². The van der Waals surface area contributed by atoms with Gasteiger partial charge in [0, 0.05) is 24.6 Å². The van der Waals surface area contributed by atoms with Crippen LogP contribution in [0.25, 0.3) is 0 Å². The van der Waals surface area contributed by atoms with Gasteiger partial charge in [-0.05, 0) is 30.5 Å². The van der Waals surface area contributed by atoms with E-state index in [-0.39, 0.29) is 16.3 Å². The van der Waals surface area contributed by atoms with Gasteiger partial charge >= 0.3 is 0 Å². The van der Waals surface area contributed by atoms with Crippen molar-refractivity contribution in [2.24, 2.45) is 5.41 Å². The van der Waals surface area contributed by atoms with Crippen LogP contribution in [0.15, 0.2) is 18.2 Å². The average Bonchev–Trinajstić information content (AvgIpc) is 2.81. The SMILES string of the molecule is CC(C)NCC1(Cc2ccc(F)c(Cl)c2)CCOC1. The van der Waals surface area contributed by atoms with E-state index < -0.39 is 0 Å². The highest BCUT2D eigenvalue weighted by molar-refractivity contribution is 6.30. The van der Waals surface area contributed by atoms with Crippen molar-refractivity contribution in [1.29, 1.82) is 0 Å². The molecule has 19 heavy (non-hydrogen) atoms. The second-order valence-electron chi connectivity index (χ2n) is 5.76. The average molecular weight is 286 g/mol. The van der Waals surface area contributed by atoms with Crippen molar-refractivity contribution in [2.45, 2.75) is 32.7 Å². The molecule has 1 aliphatic heterocycles. The Morgan fingerprint density at radius 2 is 2.26 bits per heavy atom. The molecular formula is C15H21ClFNO. The number of nitrogens with one attached hydrogen (secondary N) is 1. The Bertz CT molecular complexity index is 430. The molecule has 1 saturated heterocycles. The number of halogens is 2. The van der Waals surface area contributed by atoms with E-state index in [2.05, 4.69) is 19.2 Å². The first-order valence-corrected chi connectivity index (χ1v) is 7.14. The Hall–Kier alpha value is -0.640. The van der Waals surface area contributed by atoms with Crippen LogP contribution in [-0.4, -0.2) is 25.8 Å². The van der Waals surface area contributed by atoms with E-state index in [1.165, 1.54) is 6.07 Å². The van der Waals surface area contributed by atoms with Crippen molar-refractivity contribution < 1.29 is 9.13 Å². The maximum Gasteiger partial charge on any atom is 0.141 e. The monoisotopic (exact) mass is 285 g/mol. The van der Waals surface area contributed by atoms with Gasteiger partial charge in [-0.2, -0.15) is 0 Å². The van der Waals surface area contributed by atoms with Gasteiger partial charge in [-0.15, -0.1) is 0 Å². The summed E-state index contributed by atoms with van der Waals surface area (Å²) in [6.45, 7) is 6.74. The van der Waals surface area contributed by atoms with Crippen LogP contribution in [-0.2, 0) is 11.2 Å². The van der Waals surface area contributed by atoms with Crippen molar-refractivity contribution >= 4 is 11.6 Å². The second kappa shape index (κ2) is 6.21. The molecule has 0 aliphatic carbocycles. The molecule has 0 amide bonds. The van der Waals surface area contributed by atoms with Gasteiger partial charge in [0.1, 0.15) is 5.82 Å². The number of ether oxygens (including phenoxy) is 1. The highest BCUT2D eigenvalue weighted by Gasteiger charge is 2.35. The summed E-state index contributed by atoms with van der Waals surface area (Å²) in [5.41, 5.74) is 1.17. The van der Waals surface area contributed by atoms with E-state index in [0.29, 0.717) is 6.04 Å². The summed E-state index contributed by atoms with van der Waals surface area (Å²) in [7, 11) is 0. The van der Waals surface area contributed by atoms with E-state index in [1.807, 2.05) is 6.07 Å². The summed E-state index contributed by atoms with van der Waals surface area (Å²) in [5, 5.41) is 3.69. The van der Waals surface area contributed by atoms with E-state index in [0.717, 1.165) is 38.2 Å². The van der Waals surface area contributed by atoms with Crippen molar-refractivity contribution in [3.63, 3.8) is 0 Å². The van der Waals surface area contributed by atoms with Crippen LogP contribution >= 0.6 is 11.6 Å². The van der Waals surface area contributed by atoms with Crippen molar-refractivity contribution in [3.05, 3.63) is 34.6 Å². The largest absolute Gasteiger partial charge is 0.381 e. The molecule has 1 aliphatic rings. The molecule has 1 fully saturated rings. The van der Waals surface area contributed by atoms with E-state index in [9.17, 15) is 4.39 Å². The van der Waals surface area contributed by atoms with Gasteiger partial charge in [0.25, 0.3) is 0 Å². The number of rotatable bonds is 5. The molecule has 0 aromatic heterocycles. The zero-order valence-electron chi connectivity index (χ0n) is 11.5.